The summed E-state index contributed by atoms with van der Waals surface area (Å²) in [4.78, 5) is 24.5. The minimum Gasteiger partial charge on any atom is -0.480 e. The molecule has 0 aliphatic heterocycles. The van der Waals surface area contributed by atoms with Crippen LogP contribution < -0.4 is 5.32 Å². The lowest BCUT2D eigenvalue weighted by Gasteiger charge is -2.17. The van der Waals surface area contributed by atoms with E-state index in [0.29, 0.717) is 6.42 Å². The van der Waals surface area contributed by atoms with Gasteiger partial charge in [0.05, 0.1) is 0 Å². The van der Waals surface area contributed by atoms with E-state index in [0.717, 1.165) is 38.9 Å². The summed E-state index contributed by atoms with van der Waals surface area (Å²) >= 11 is 0. The molecular formula is C31H27NO4. The van der Waals surface area contributed by atoms with Crippen LogP contribution in [-0.2, 0) is 16.0 Å². The van der Waals surface area contributed by atoms with Crippen molar-refractivity contribution in [2.75, 3.05) is 6.61 Å². The summed E-state index contributed by atoms with van der Waals surface area (Å²) in [7, 11) is 0. The van der Waals surface area contributed by atoms with Gasteiger partial charge in [-0.1, -0.05) is 103 Å². The molecule has 1 amide bonds. The van der Waals surface area contributed by atoms with E-state index in [-0.39, 0.29) is 18.9 Å². The van der Waals surface area contributed by atoms with Crippen molar-refractivity contribution in [2.45, 2.75) is 24.8 Å². The Morgan fingerprint density at radius 1 is 0.778 bits per heavy atom. The van der Waals surface area contributed by atoms with Gasteiger partial charge >= 0.3 is 12.1 Å². The van der Waals surface area contributed by atoms with E-state index in [1.807, 2.05) is 84.9 Å². The molecule has 0 radical (unpaired) electrons. The van der Waals surface area contributed by atoms with Gasteiger partial charge in [-0.2, -0.15) is 0 Å². The second-order valence-electron chi connectivity index (χ2n) is 8.97. The van der Waals surface area contributed by atoms with Gasteiger partial charge in [0.1, 0.15) is 12.6 Å². The minimum absolute atomic E-state index is 0.0767. The average molecular weight is 478 g/mol. The predicted molar refractivity (Wildman–Crippen MR) is 140 cm³/mol. The fourth-order valence-electron chi connectivity index (χ4n) is 4.89. The summed E-state index contributed by atoms with van der Waals surface area (Å²) in [6.07, 6.45) is 0.0568. The molecule has 180 valence electrons. The van der Waals surface area contributed by atoms with E-state index in [1.54, 1.807) is 0 Å². The SMILES string of the molecule is O=C(N[C@H](CCc1cccc(-c2ccccc2)c1)C(=O)O)OCC1c2ccccc2-c2ccccc21. The van der Waals surface area contributed by atoms with Gasteiger partial charge in [0.15, 0.2) is 0 Å². The first-order chi connectivity index (χ1) is 17.6. The normalized spacial score (nSPS) is 12.9. The Kier molecular flexibility index (Phi) is 6.80. The molecule has 4 aromatic rings. The topological polar surface area (TPSA) is 75.6 Å². The highest BCUT2D eigenvalue weighted by Crippen LogP contribution is 2.44. The van der Waals surface area contributed by atoms with Gasteiger partial charge in [-0.25, -0.2) is 9.59 Å². The molecule has 0 aromatic heterocycles. The van der Waals surface area contributed by atoms with Crippen LogP contribution in [0.2, 0.25) is 0 Å². The Balaban J connectivity index is 1.20. The number of carbonyl (C=O) groups is 2. The van der Waals surface area contributed by atoms with Gasteiger partial charge in [0.2, 0.25) is 0 Å². The average Bonchev–Trinajstić information content (AvgIpc) is 3.24. The standard InChI is InChI=1S/C31H27NO4/c33-30(34)29(18-17-21-9-8-12-23(19-21)22-10-2-1-3-11-22)32-31(35)36-20-28-26-15-6-4-13-24(26)25-14-5-7-16-27(25)28/h1-16,19,28-29H,17-18,20H2,(H,32,35)(H,33,34)/t29-/m1/s1. The molecule has 5 nitrogen and oxygen atoms in total. The molecule has 36 heavy (non-hydrogen) atoms. The molecule has 5 heteroatoms. The molecule has 0 saturated heterocycles. The number of amides is 1. The fraction of sp³-hybridized carbons (Fsp3) is 0.161. The van der Waals surface area contributed by atoms with Crippen molar-refractivity contribution in [3.05, 3.63) is 120 Å². The highest BCUT2D eigenvalue weighted by Gasteiger charge is 2.29. The van der Waals surface area contributed by atoms with E-state index < -0.39 is 18.1 Å². The van der Waals surface area contributed by atoms with E-state index in [2.05, 4.69) is 23.5 Å². The molecule has 0 unspecified atom stereocenters. The lowest BCUT2D eigenvalue weighted by Crippen LogP contribution is -2.41. The number of ether oxygens (including phenoxy) is 1. The van der Waals surface area contributed by atoms with Gasteiger partial charge in [0, 0.05) is 5.92 Å². The van der Waals surface area contributed by atoms with Crippen molar-refractivity contribution in [1.82, 2.24) is 5.32 Å². The summed E-state index contributed by atoms with van der Waals surface area (Å²) < 4.78 is 5.54. The highest BCUT2D eigenvalue weighted by atomic mass is 16.5. The van der Waals surface area contributed by atoms with Crippen LogP contribution in [0.5, 0.6) is 0 Å². The maximum atomic E-state index is 12.6. The third-order valence-corrected chi connectivity index (χ3v) is 6.69. The maximum Gasteiger partial charge on any atom is 0.407 e. The highest BCUT2D eigenvalue weighted by molar-refractivity contribution is 5.81. The first-order valence-corrected chi connectivity index (χ1v) is 12.1. The number of alkyl carbamates (subject to hydrolysis) is 1. The number of carbonyl (C=O) groups excluding carboxylic acids is 1. The van der Waals surface area contributed by atoms with Gasteiger partial charge < -0.3 is 15.2 Å². The van der Waals surface area contributed by atoms with Crippen LogP contribution in [0.1, 0.15) is 29.0 Å². The molecule has 1 aliphatic rings. The van der Waals surface area contributed by atoms with E-state index in [1.165, 1.54) is 0 Å². The number of fused-ring (bicyclic) bond motifs is 3. The zero-order chi connectivity index (χ0) is 24.9. The summed E-state index contributed by atoms with van der Waals surface area (Å²) in [5.41, 5.74) is 7.69. The van der Waals surface area contributed by atoms with Crippen molar-refractivity contribution in [3.63, 3.8) is 0 Å². The fourth-order valence-corrected chi connectivity index (χ4v) is 4.89. The van der Waals surface area contributed by atoms with Crippen molar-refractivity contribution in [2.24, 2.45) is 0 Å². The summed E-state index contributed by atoms with van der Waals surface area (Å²) in [5.74, 6) is -1.16. The molecular weight excluding hydrogens is 450 g/mol. The van der Waals surface area contributed by atoms with Crippen molar-refractivity contribution in [1.29, 1.82) is 0 Å². The molecule has 2 N–H and O–H groups in total. The molecule has 5 rings (SSSR count). The molecule has 4 aromatic carbocycles. The lowest BCUT2D eigenvalue weighted by atomic mass is 9.98. The second-order valence-corrected chi connectivity index (χ2v) is 8.97. The Morgan fingerprint density at radius 3 is 2.06 bits per heavy atom. The van der Waals surface area contributed by atoms with E-state index in [9.17, 15) is 14.7 Å². The molecule has 1 aliphatic carbocycles. The minimum atomic E-state index is -1.08. The molecule has 0 saturated carbocycles. The van der Waals surface area contributed by atoms with Gasteiger partial charge in [-0.3, -0.25) is 0 Å². The van der Waals surface area contributed by atoms with E-state index >= 15 is 0 Å². The molecule has 0 heterocycles. The first-order valence-electron chi connectivity index (χ1n) is 12.1. The number of aliphatic carboxylic acids is 1. The third kappa shape index (κ3) is 5.01. The smallest absolute Gasteiger partial charge is 0.407 e. The van der Waals surface area contributed by atoms with Crippen LogP contribution in [0.4, 0.5) is 4.79 Å². The Labute approximate surface area is 210 Å². The van der Waals surface area contributed by atoms with Crippen LogP contribution in [-0.4, -0.2) is 29.8 Å². The van der Waals surface area contributed by atoms with Gasteiger partial charge in [-0.15, -0.1) is 0 Å². The Bertz CT molecular complexity index is 1340. The van der Waals surface area contributed by atoms with Crippen molar-refractivity contribution >= 4 is 12.1 Å². The van der Waals surface area contributed by atoms with Crippen LogP contribution in [0.15, 0.2) is 103 Å². The monoisotopic (exact) mass is 477 g/mol. The van der Waals surface area contributed by atoms with Crippen LogP contribution >= 0.6 is 0 Å². The third-order valence-electron chi connectivity index (χ3n) is 6.69. The quantitative estimate of drug-likeness (QED) is 0.313. The van der Waals surface area contributed by atoms with Crippen molar-refractivity contribution < 1.29 is 19.4 Å². The summed E-state index contributed by atoms with van der Waals surface area (Å²) in [5, 5.41) is 12.2. The summed E-state index contributed by atoms with van der Waals surface area (Å²) in [6, 6.07) is 33.2. The number of benzene rings is 4. The molecule has 0 fully saturated rings. The molecule has 0 spiro atoms. The van der Waals surface area contributed by atoms with Crippen LogP contribution in [0.25, 0.3) is 22.3 Å². The molecule has 0 bridgehead atoms. The largest absolute Gasteiger partial charge is 0.480 e. The van der Waals surface area contributed by atoms with Gasteiger partial charge in [-0.05, 0) is 51.8 Å². The maximum absolute atomic E-state index is 12.6. The summed E-state index contributed by atoms with van der Waals surface area (Å²) in [6.45, 7) is 0.144. The predicted octanol–water partition coefficient (Wildman–Crippen LogP) is 6.28. The Morgan fingerprint density at radius 2 is 1.39 bits per heavy atom. The Hall–Kier alpha value is -4.38. The number of hydrogen-bond donors (Lipinski definition) is 2. The van der Waals surface area contributed by atoms with Crippen molar-refractivity contribution in [3.8, 4) is 22.3 Å². The van der Waals surface area contributed by atoms with Gasteiger partial charge in [0.25, 0.3) is 0 Å². The zero-order valence-corrected chi connectivity index (χ0v) is 19.8. The number of carboxylic acids is 1. The first kappa shape index (κ1) is 23.4. The molecule has 1 atom stereocenters. The second kappa shape index (κ2) is 10.5. The van der Waals surface area contributed by atoms with E-state index in [4.69, 9.17) is 4.74 Å². The number of rotatable bonds is 8. The lowest BCUT2D eigenvalue weighted by molar-refractivity contribution is -0.139. The van der Waals surface area contributed by atoms with Crippen LogP contribution in [0, 0.1) is 0 Å². The zero-order valence-electron chi connectivity index (χ0n) is 19.8. The number of nitrogens with one attached hydrogen (secondary N) is 1. The number of hydrogen-bond acceptors (Lipinski definition) is 3. The number of aryl methyl sites for hydroxylation is 1. The van der Waals surface area contributed by atoms with Crippen LogP contribution in [0.3, 0.4) is 0 Å². The number of carboxylic acid groups (broad SMARTS) is 1.